The van der Waals surface area contributed by atoms with Gasteiger partial charge in [-0.05, 0) is 42.9 Å². The van der Waals surface area contributed by atoms with Gasteiger partial charge in [-0.1, -0.05) is 45.9 Å². The second-order valence-corrected chi connectivity index (χ2v) is 6.65. The fraction of sp³-hybridized carbons (Fsp3) is 0.667. The van der Waals surface area contributed by atoms with E-state index in [1.54, 1.807) is 0 Å². The standard InChI is InChI=1S/C18H30N2/c1-5-10-19-17(14(2)3)13-20-12-15(4)11-16-8-6-7-9-18(16)20/h6-9,14-15,17,19H,5,10-13H2,1-4H3. The summed E-state index contributed by atoms with van der Waals surface area (Å²) in [5, 5.41) is 3.72. The molecule has 0 aromatic heterocycles. The van der Waals surface area contributed by atoms with Crippen LogP contribution in [0.5, 0.6) is 0 Å². The zero-order chi connectivity index (χ0) is 14.5. The van der Waals surface area contributed by atoms with Crippen LogP contribution in [0.1, 0.15) is 39.7 Å². The van der Waals surface area contributed by atoms with Crippen LogP contribution in [0, 0.1) is 11.8 Å². The molecule has 2 atom stereocenters. The number of hydrogen-bond donors (Lipinski definition) is 1. The zero-order valence-electron chi connectivity index (χ0n) is 13.5. The Hall–Kier alpha value is -1.02. The van der Waals surface area contributed by atoms with E-state index in [9.17, 15) is 0 Å². The van der Waals surface area contributed by atoms with E-state index in [4.69, 9.17) is 0 Å². The monoisotopic (exact) mass is 274 g/mol. The summed E-state index contributed by atoms with van der Waals surface area (Å²) in [5.74, 6) is 1.43. The first-order valence-corrected chi connectivity index (χ1v) is 8.18. The van der Waals surface area contributed by atoms with Crippen molar-refractivity contribution in [3.05, 3.63) is 29.8 Å². The Bertz CT molecular complexity index is 414. The minimum Gasteiger partial charge on any atom is -0.369 e. The van der Waals surface area contributed by atoms with Crippen molar-refractivity contribution in [3.8, 4) is 0 Å². The molecular formula is C18H30N2. The van der Waals surface area contributed by atoms with E-state index >= 15 is 0 Å². The molecule has 0 fully saturated rings. The highest BCUT2D eigenvalue weighted by Gasteiger charge is 2.24. The van der Waals surface area contributed by atoms with Gasteiger partial charge in [0.15, 0.2) is 0 Å². The number of anilines is 1. The number of rotatable bonds is 6. The summed E-state index contributed by atoms with van der Waals surface area (Å²) in [7, 11) is 0. The van der Waals surface area contributed by atoms with Crippen molar-refractivity contribution < 1.29 is 0 Å². The highest BCUT2D eigenvalue weighted by molar-refractivity contribution is 5.55. The van der Waals surface area contributed by atoms with Crippen molar-refractivity contribution in [2.75, 3.05) is 24.5 Å². The van der Waals surface area contributed by atoms with Crippen LogP contribution in [0.2, 0.25) is 0 Å². The summed E-state index contributed by atoms with van der Waals surface area (Å²) in [6.07, 6.45) is 2.43. The highest BCUT2D eigenvalue weighted by Crippen LogP contribution is 2.29. The Labute approximate surface area is 124 Å². The number of hydrogen-bond acceptors (Lipinski definition) is 2. The van der Waals surface area contributed by atoms with Crippen molar-refractivity contribution >= 4 is 5.69 Å². The molecular weight excluding hydrogens is 244 g/mol. The minimum atomic E-state index is 0.577. The normalized spacial score (nSPS) is 20.1. The molecule has 20 heavy (non-hydrogen) atoms. The average Bonchev–Trinajstić information content (AvgIpc) is 2.42. The molecule has 2 unspecified atom stereocenters. The number of nitrogens with zero attached hydrogens (tertiary/aromatic N) is 1. The molecule has 0 bridgehead atoms. The third-order valence-corrected chi connectivity index (χ3v) is 4.31. The average molecular weight is 274 g/mol. The van der Waals surface area contributed by atoms with Gasteiger partial charge in [0, 0.05) is 24.8 Å². The molecule has 112 valence electrons. The SMILES string of the molecule is CCCNC(CN1CC(C)Cc2ccccc21)C(C)C. The second-order valence-electron chi connectivity index (χ2n) is 6.65. The van der Waals surface area contributed by atoms with Gasteiger partial charge < -0.3 is 10.2 Å². The molecule has 0 saturated carbocycles. The predicted octanol–water partition coefficient (Wildman–Crippen LogP) is 3.71. The van der Waals surface area contributed by atoms with Gasteiger partial charge in [-0.15, -0.1) is 0 Å². The molecule has 0 spiro atoms. The largest absolute Gasteiger partial charge is 0.369 e. The van der Waals surface area contributed by atoms with E-state index in [0.717, 1.165) is 19.0 Å². The second kappa shape index (κ2) is 7.12. The lowest BCUT2D eigenvalue weighted by Crippen LogP contribution is -2.47. The van der Waals surface area contributed by atoms with Gasteiger partial charge in [0.1, 0.15) is 0 Å². The van der Waals surface area contributed by atoms with Crippen LogP contribution < -0.4 is 10.2 Å². The molecule has 2 heteroatoms. The first-order chi connectivity index (χ1) is 9.61. The van der Waals surface area contributed by atoms with Crippen molar-refractivity contribution in [2.24, 2.45) is 11.8 Å². The Kier molecular flexibility index (Phi) is 5.47. The number of fused-ring (bicyclic) bond motifs is 1. The molecule has 1 aromatic rings. The first kappa shape index (κ1) is 15.4. The van der Waals surface area contributed by atoms with Gasteiger partial charge in [-0.2, -0.15) is 0 Å². The number of nitrogens with one attached hydrogen (secondary N) is 1. The van der Waals surface area contributed by atoms with Gasteiger partial charge in [-0.3, -0.25) is 0 Å². The van der Waals surface area contributed by atoms with Crippen LogP contribution >= 0.6 is 0 Å². The van der Waals surface area contributed by atoms with E-state index in [0.29, 0.717) is 12.0 Å². The van der Waals surface area contributed by atoms with Crippen molar-refractivity contribution in [1.29, 1.82) is 0 Å². The lowest BCUT2D eigenvalue weighted by molar-refractivity contribution is 0.385. The molecule has 0 amide bonds. The summed E-state index contributed by atoms with van der Waals surface area (Å²) in [6.45, 7) is 12.7. The number of benzene rings is 1. The third-order valence-electron chi connectivity index (χ3n) is 4.31. The van der Waals surface area contributed by atoms with Crippen molar-refractivity contribution in [1.82, 2.24) is 5.32 Å². The molecule has 0 aliphatic carbocycles. The lowest BCUT2D eigenvalue weighted by atomic mass is 9.92. The summed E-state index contributed by atoms with van der Waals surface area (Å²) in [5.41, 5.74) is 2.97. The maximum absolute atomic E-state index is 3.72. The van der Waals surface area contributed by atoms with Crippen LogP contribution in [0.25, 0.3) is 0 Å². The van der Waals surface area contributed by atoms with Crippen molar-refractivity contribution in [2.45, 2.75) is 46.6 Å². The van der Waals surface area contributed by atoms with Gasteiger partial charge >= 0.3 is 0 Å². The Morgan fingerprint density at radius 1 is 1.30 bits per heavy atom. The molecule has 1 aromatic carbocycles. The van der Waals surface area contributed by atoms with Gasteiger partial charge in [-0.25, -0.2) is 0 Å². The molecule has 1 aliphatic heterocycles. The van der Waals surface area contributed by atoms with E-state index < -0.39 is 0 Å². The maximum Gasteiger partial charge on any atom is 0.0399 e. The van der Waals surface area contributed by atoms with Crippen LogP contribution in [0.4, 0.5) is 5.69 Å². The topological polar surface area (TPSA) is 15.3 Å². The fourth-order valence-electron chi connectivity index (χ4n) is 3.16. The summed E-state index contributed by atoms with van der Waals surface area (Å²) in [6, 6.07) is 9.50. The first-order valence-electron chi connectivity index (χ1n) is 8.18. The summed E-state index contributed by atoms with van der Waals surface area (Å²) < 4.78 is 0. The Morgan fingerprint density at radius 2 is 2.05 bits per heavy atom. The predicted molar refractivity (Wildman–Crippen MR) is 88.4 cm³/mol. The van der Waals surface area contributed by atoms with Gasteiger partial charge in [0.05, 0.1) is 0 Å². The molecule has 2 rings (SSSR count). The van der Waals surface area contributed by atoms with Crippen molar-refractivity contribution in [3.63, 3.8) is 0 Å². The van der Waals surface area contributed by atoms with Gasteiger partial charge in [0.2, 0.25) is 0 Å². The van der Waals surface area contributed by atoms with E-state index in [1.807, 2.05) is 0 Å². The van der Waals surface area contributed by atoms with Crippen LogP contribution in [-0.4, -0.2) is 25.7 Å². The fourth-order valence-corrected chi connectivity index (χ4v) is 3.16. The van der Waals surface area contributed by atoms with Crippen LogP contribution in [-0.2, 0) is 6.42 Å². The number of para-hydroxylation sites is 1. The highest BCUT2D eigenvalue weighted by atomic mass is 15.2. The molecule has 0 radical (unpaired) electrons. The summed E-state index contributed by atoms with van der Waals surface area (Å²) in [4.78, 5) is 2.59. The molecule has 1 N–H and O–H groups in total. The quantitative estimate of drug-likeness (QED) is 0.850. The molecule has 2 nitrogen and oxygen atoms in total. The maximum atomic E-state index is 3.72. The minimum absolute atomic E-state index is 0.577. The van der Waals surface area contributed by atoms with Crippen LogP contribution in [0.15, 0.2) is 24.3 Å². The molecule has 1 heterocycles. The molecule has 1 aliphatic rings. The summed E-state index contributed by atoms with van der Waals surface area (Å²) >= 11 is 0. The Morgan fingerprint density at radius 3 is 2.75 bits per heavy atom. The zero-order valence-corrected chi connectivity index (χ0v) is 13.5. The lowest BCUT2D eigenvalue weighted by Gasteiger charge is -2.38. The van der Waals surface area contributed by atoms with E-state index in [2.05, 4.69) is 62.2 Å². The van der Waals surface area contributed by atoms with E-state index in [-0.39, 0.29) is 0 Å². The molecule has 0 saturated heterocycles. The van der Waals surface area contributed by atoms with E-state index in [1.165, 1.54) is 30.6 Å². The Balaban J connectivity index is 2.11. The van der Waals surface area contributed by atoms with Crippen LogP contribution in [0.3, 0.4) is 0 Å². The van der Waals surface area contributed by atoms with Gasteiger partial charge in [0.25, 0.3) is 0 Å². The third kappa shape index (κ3) is 3.76. The smallest absolute Gasteiger partial charge is 0.0399 e.